The summed E-state index contributed by atoms with van der Waals surface area (Å²) in [5.74, 6) is 0.288. The van der Waals surface area contributed by atoms with Crippen LogP contribution in [0.3, 0.4) is 0 Å². The monoisotopic (exact) mass is 365 g/mol. The number of furan rings is 1. The van der Waals surface area contributed by atoms with Gasteiger partial charge in [0, 0.05) is 24.9 Å². The van der Waals surface area contributed by atoms with E-state index in [0.717, 1.165) is 18.6 Å². The summed E-state index contributed by atoms with van der Waals surface area (Å²) >= 11 is 0. The third kappa shape index (κ3) is 2.59. The minimum Gasteiger partial charge on any atom is -0.481 e. The molecule has 5 atom stereocenters. The number of carbonyl (C=O) groups excluding carboxylic acids is 1. The number of nitrogens with zero attached hydrogens (tertiary/aromatic N) is 1. The summed E-state index contributed by atoms with van der Waals surface area (Å²) in [5.41, 5.74) is 2.69. The number of hydrogen-bond acceptors (Lipinski definition) is 3. The lowest BCUT2D eigenvalue weighted by atomic mass is 9.57. The number of fused-ring (bicyclic) bond motifs is 2. The average molecular weight is 365 g/mol. The lowest BCUT2D eigenvalue weighted by Crippen LogP contribution is -2.66. The van der Waals surface area contributed by atoms with E-state index in [-0.39, 0.29) is 23.9 Å². The van der Waals surface area contributed by atoms with Crippen molar-refractivity contribution >= 4 is 11.9 Å². The van der Waals surface area contributed by atoms with Crippen LogP contribution >= 0.6 is 0 Å². The van der Waals surface area contributed by atoms with E-state index < -0.39 is 11.9 Å². The van der Waals surface area contributed by atoms with Crippen LogP contribution in [0.2, 0.25) is 0 Å². The maximum Gasteiger partial charge on any atom is 0.308 e. The predicted octanol–water partition coefficient (Wildman–Crippen LogP) is 3.24. The van der Waals surface area contributed by atoms with E-state index in [2.05, 4.69) is 24.3 Å². The SMILES string of the molecule is O=C(O)C1CC2C3CC1N(C(=O)CCc1ccco1)C2Cc1ccccc13. The van der Waals surface area contributed by atoms with Crippen LogP contribution in [-0.2, 0) is 22.4 Å². The molecule has 2 aliphatic carbocycles. The van der Waals surface area contributed by atoms with E-state index in [9.17, 15) is 14.7 Å². The Bertz CT molecular complexity index is 874. The highest BCUT2D eigenvalue weighted by Crippen LogP contribution is 2.54. The van der Waals surface area contributed by atoms with E-state index >= 15 is 0 Å². The second-order valence-electron chi connectivity index (χ2n) is 8.10. The molecule has 4 aliphatic rings. The van der Waals surface area contributed by atoms with Gasteiger partial charge in [0.15, 0.2) is 0 Å². The van der Waals surface area contributed by atoms with Gasteiger partial charge < -0.3 is 14.4 Å². The summed E-state index contributed by atoms with van der Waals surface area (Å²) < 4.78 is 5.36. The molecular weight excluding hydrogens is 342 g/mol. The van der Waals surface area contributed by atoms with Gasteiger partial charge in [0.25, 0.3) is 0 Å². The molecule has 2 aliphatic heterocycles. The fraction of sp³-hybridized carbons (Fsp3) is 0.455. The van der Waals surface area contributed by atoms with Crippen molar-refractivity contribution in [1.29, 1.82) is 0 Å². The van der Waals surface area contributed by atoms with E-state index in [1.54, 1.807) is 6.26 Å². The molecule has 3 fully saturated rings. The van der Waals surface area contributed by atoms with Gasteiger partial charge in [0.1, 0.15) is 5.76 Å². The number of carbonyl (C=O) groups is 2. The molecule has 5 heteroatoms. The van der Waals surface area contributed by atoms with Crippen LogP contribution in [0.15, 0.2) is 47.1 Å². The number of carboxylic acids is 1. The van der Waals surface area contributed by atoms with Gasteiger partial charge >= 0.3 is 5.97 Å². The molecule has 140 valence electrons. The summed E-state index contributed by atoms with van der Waals surface area (Å²) in [6.45, 7) is 0. The summed E-state index contributed by atoms with van der Waals surface area (Å²) in [7, 11) is 0. The normalized spacial score (nSPS) is 30.8. The number of aliphatic carboxylic acids is 1. The molecule has 1 aromatic heterocycles. The van der Waals surface area contributed by atoms with E-state index in [0.29, 0.717) is 25.2 Å². The number of aryl methyl sites for hydroxylation is 1. The number of rotatable bonds is 4. The molecule has 1 N–H and O–H groups in total. The third-order valence-corrected chi connectivity index (χ3v) is 6.87. The number of carboxylic acid groups (broad SMARTS) is 1. The first-order valence-electron chi connectivity index (χ1n) is 9.77. The molecule has 3 heterocycles. The topological polar surface area (TPSA) is 70.8 Å². The van der Waals surface area contributed by atoms with Crippen molar-refractivity contribution < 1.29 is 19.1 Å². The lowest BCUT2D eigenvalue weighted by molar-refractivity contribution is -0.164. The van der Waals surface area contributed by atoms with E-state index in [1.165, 1.54) is 11.1 Å². The van der Waals surface area contributed by atoms with Crippen LogP contribution in [0.4, 0.5) is 0 Å². The number of amides is 1. The molecule has 4 bridgehead atoms. The van der Waals surface area contributed by atoms with Crippen LogP contribution in [0.5, 0.6) is 0 Å². The molecule has 1 aromatic carbocycles. The van der Waals surface area contributed by atoms with Gasteiger partial charge in [-0.05, 0) is 54.4 Å². The highest BCUT2D eigenvalue weighted by Gasteiger charge is 2.57. The molecule has 5 unspecified atom stereocenters. The first-order chi connectivity index (χ1) is 13.1. The minimum absolute atomic E-state index is 0.0650. The molecule has 6 rings (SSSR count). The predicted molar refractivity (Wildman–Crippen MR) is 98.2 cm³/mol. The van der Waals surface area contributed by atoms with Crippen molar-refractivity contribution in [2.45, 2.75) is 50.1 Å². The Morgan fingerprint density at radius 2 is 1.96 bits per heavy atom. The second-order valence-corrected chi connectivity index (χ2v) is 8.10. The van der Waals surface area contributed by atoms with Crippen LogP contribution in [0, 0.1) is 11.8 Å². The Morgan fingerprint density at radius 1 is 1.11 bits per heavy atom. The van der Waals surface area contributed by atoms with Crippen LogP contribution in [0.1, 0.15) is 42.1 Å². The summed E-state index contributed by atoms with van der Waals surface area (Å²) in [6.07, 6.45) is 4.84. The summed E-state index contributed by atoms with van der Waals surface area (Å²) in [6, 6.07) is 12.1. The smallest absolute Gasteiger partial charge is 0.308 e. The molecule has 27 heavy (non-hydrogen) atoms. The van der Waals surface area contributed by atoms with E-state index in [4.69, 9.17) is 4.42 Å². The maximum absolute atomic E-state index is 13.2. The van der Waals surface area contributed by atoms with Crippen molar-refractivity contribution in [1.82, 2.24) is 4.90 Å². The van der Waals surface area contributed by atoms with Gasteiger partial charge in [-0.3, -0.25) is 9.59 Å². The molecular formula is C22H23NO4. The van der Waals surface area contributed by atoms with Crippen molar-refractivity contribution in [2.24, 2.45) is 11.8 Å². The van der Waals surface area contributed by atoms with Crippen LogP contribution in [-0.4, -0.2) is 34.0 Å². The first-order valence-corrected chi connectivity index (χ1v) is 9.77. The molecule has 1 saturated carbocycles. The van der Waals surface area contributed by atoms with Crippen molar-refractivity contribution in [3.63, 3.8) is 0 Å². The highest BCUT2D eigenvalue weighted by atomic mass is 16.4. The number of hydrogen-bond donors (Lipinski definition) is 1. The van der Waals surface area contributed by atoms with Gasteiger partial charge in [0.05, 0.1) is 12.2 Å². The zero-order valence-electron chi connectivity index (χ0n) is 15.1. The van der Waals surface area contributed by atoms with Crippen LogP contribution in [0.25, 0.3) is 0 Å². The number of benzene rings is 1. The number of piperidine rings is 2. The maximum atomic E-state index is 13.2. The van der Waals surface area contributed by atoms with Gasteiger partial charge in [-0.2, -0.15) is 0 Å². The minimum atomic E-state index is -0.764. The van der Waals surface area contributed by atoms with Gasteiger partial charge in [-0.25, -0.2) is 0 Å². The van der Waals surface area contributed by atoms with Gasteiger partial charge in [0.2, 0.25) is 5.91 Å². The van der Waals surface area contributed by atoms with E-state index in [1.807, 2.05) is 17.0 Å². The van der Waals surface area contributed by atoms with Crippen molar-refractivity contribution in [2.75, 3.05) is 0 Å². The molecule has 2 saturated heterocycles. The Morgan fingerprint density at radius 3 is 2.74 bits per heavy atom. The molecule has 2 aromatic rings. The quantitative estimate of drug-likeness (QED) is 0.903. The molecule has 0 radical (unpaired) electrons. The molecule has 5 nitrogen and oxygen atoms in total. The molecule has 1 amide bonds. The Labute approximate surface area is 158 Å². The standard InChI is InChI=1S/C22H23NO4/c24-21(8-7-14-5-3-9-27-14)23-19-10-13-4-1-2-6-15(13)16-12-20(23)18(22(25)26)11-17(16)19/h1-6,9,16-20H,7-8,10-12H2,(H,25,26). The van der Waals surface area contributed by atoms with Gasteiger partial charge in [-0.15, -0.1) is 0 Å². The molecule has 0 spiro atoms. The zero-order chi connectivity index (χ0) is 18.5. The highest BCUT2D eigenvalue weighted by molar-refractivity contribution is 5.80. The zero-order valence-corrected chi connectivity index (χ0v) is 15.1. The van der Waals surface area contributed by atoms with Crippen molar-refractivity contribution in [3.05, 3.63) is 59.5 Å². The van der Waals surface area contributed by atoms with Crippen LogP contribution < -0.4 is 0 Å². The van der Waals surface area contributed by atoms with Crippen molar-refractivity contribution in [3.8, 4) is 0 Å². The fourth-order valence-electron chi connectivity index (χ4n) is 5.76. The largest absolute Gasteiger partial charge is 0.481 e. The Hall–Kier alpha value is -2.56. The average Bonchev–Trinajstić information content (AvgIpc) is 3.19. The lowest BCUT2D eigenvalue weighted by Gasteiger charge is -2.59. The fourth-order valence-corrected chi connectivity index (χ4v) is 5.76. The Kier molecular flexibility index (Phi) is 3.85. The Balaban J connectivity index is 1.45. The second kappa shape index (κ2) is 6.25. The summed E-state index contributed by atoms with van der Waals surface area (Å²) in [5, 5.41) is 9.75. The first kappa shape index (κ1) is 16.6. The summed E-state index contributed by atoms with van der Waals surface area (Å²) in [4.78, 5) is 27.0. The third-order valence-electron chi connectivity index (χ3n) is 6.87. The van der Waals surface area contributed by atoms with Gasteiger partial charge in [-0.1, -0.05) is 24.3 Å².